The molecule has 0 aliphatic rings. The van der Waals surface area contributed by atoms with Crippen molar-refractivity contribution >= 4 is 0 Å². The largest absolute Gasteiger partial charge is 0.393 e. The van der Waals surface area contributed by atoms with Gasteiger partial charge in [0.25, 0.3) is 0 Å². The molecule has 0 rings (SSSR count). The fraction of sp³-hybridized carbons (Fsp3) is 0.833. The zero-order chi connectivity index (χ0) is 9.94. The van der Waals surface area contributed by atoms with E-state index < -0.39 is 0 Å². The molecule has 0 radical (unpaired) electrons. The summed E-state index contributed by atoms with van der Waals surface area (Å²) >= 11 is 0. The van der Waals surface area contributed by atoms with Crippen LogP contribution < -0.4 is 0 Å². The Morgan fingerprint density at radius 2 is 1.77 bits per heavy atom. The first kappa shape index (κ1) is 12.7. The van der Waals surface area contributed by atoms with Crippen LogP contribution >= 0.6 is 0 Å². The Balaban J connectivity index is 3.23. The van der Waals surface area contributed by atoms with Crippen LogP contribution in [0.3, 0.4) is 0 Å². The van der Waals surface area contributed by atoms with Crippen LogP contribution in [-0.4, -0.2) is 11.2 Å². The van der Waals surface area contributed by atoms with Gasteiger partial charge in [0, 0.05) is 0 Å². The molecule has 1 unspecified atom stereocenters. The third-order valence-electron chi connectivity index (χ3n) is 2.19. The van der Waals surface area contributed by atoms with Gasteiger partial charge in [-0.2, -0.15) is 0 Å². The second-order valence-electron chi connectivity index (χ2n) is 3.65. The summed E-state index contributed by atoms with van der Waals surface area (Å²) in [5, 5.41) is 9.49. The number of rotatable bonds is 8. The Bertz CT molecular complexity index is 118. The third kappa shape index (κ3) is 9.62. The zero-order valence-electron chi connectivity index (χ0n) is 9.13. The number of aliphatic hydroxyl groups excluding tert-OH is 1. The molecule has 0 saturated heterocycles. The van der Waals surface area contributed by atoms with E-state index in [0.717, 1.165) is 25.7 Å². The molecule has 0 aromatic rings. The van der Waals surface area contributed by atoms with Gasteiger partial charge in [-0.15, -0.1) is 0 Å². The highest BCUT2D eigenvalue weighted by atomic mass is 16.3. The molecule has 1 atom stereocenters. The third-order valence-corrected chi connectivity index (χ3v) is 2.19. The summed E-state index contributed by atoms with van der Waals surface area (Å²) < 4.78 is 0. The Hall–Kier alpha value is -0.300. The predicted molar refractivity (Wildman–Crippen MR) is 58.8 cm³/mol. The van der Waals surface area contributed by atoms with Crippen molar-refractivity contribution in [3.8, 4) is 0 Å². The van der Waals surface area contributed by atoms with Gasteiger partial charge in [-0.1, -0.05) is 51.7 Å². The van der Waals surface area contributed by atoms with E-state index >= 15 is 0 Å². The van der Waals surface area contributed by atoms with E-state index in [1.54, 1.807) is 0 Å². The minimum Gasteiger partial charge on any atom is -0.393 e. The molecule has 0 bridgehead atoms. The molecule has 0 aromatic carbocycles. The SMILES string of the molecule is CCCCC=CCC(O)CCCC. The highest BCUT2D eigenvalue weighted by Crippen LogP contribution is 2.05. The summed E-state index contributed by atoms with van der Waals surface area (Å²) in [6.45, 7) is 4.35. The van der Waals surface area contributed by atoms with E-state index in [2.05, 4.69) is 26.0 Å². The van der Waals surface area contributed by atoms with Gasteiger partial charge >= 0.3 is 0 Å². The number of aliphatic hydroxyl groups is 1. The van der Waals surface area contributed by atoms with Crippen LogP contribution in [0, 0.1) is 0 Å². The van der Waals surface area contributed by atoms with Crippen LogP contribution in [0.2, 0.25) is 0 Å². The first-order valence-electron chi connectivity index (χ1n) is 5.64. The van der Waals surface area contributed by atoms with E-state index in [0.29, 0.717) is 0 Å². The van der Waals surface area contributed by atoms with Gasteiger partial charge in [0.1, 0.15) is 0 Å². The lowest BCUT2D eigenvalue weighted by atomic mass is 10.1. The second-order valence-corrected chi connectivity index (χ2v) is 3.65. The molecule has 1 N–H and O–H groups in total. The molecule has 0 aliphatic heterocycles. The average Bonchev–Trinajstić information content (AvgIpc) is 2.14. The van der Waals surface area contributed by atoms with Gasteiger partial charge in [-0.25, -0.2) is 0 Å². The maximum absolute atomic E-state index is 9.49. The molecule has 78 valence electrons. The van der Waals surface area contributed by atoms with E-state index in [9.17, 15) is 5.11 Å². The number of hydrogen-bond donors (Lipinski definition) is 1. The Morgan fingerprint density at radius 3 is 2.38 bits per heavy atom. The molecule has 1 heteroatoms. The summed E-state index contributed by atoms with van der Waals surface area (Å²) in [6.07, 6.45) is 12.0. The summed E-state index contributed by atoms with van der Waals surface area (Å²) in [6, 6.07) is 0. The van der Waals surface area contributed by atoms with Gasteiger partial charge in [0.05, 0.1) is 6.10 Å². The van der Waals surface area contributed by atoms with E-state index in [4.69, 9.17) is 0 Å². The summed E-state index contributed by atoms with van der Waals surface area (Å²) in [5.74, 6) is 0. The lowest BCUT2D eigenvalue weighted by Crippen LogP contribution is -2.03. The van der Waals surface area contributed by atoms with Crippen molar-refractivity contribution in [3.05, 3.63) is 12.2 Å². The smallest absolute Gasteiger partial charge is 0.0574 e. The Morgan fingerprint density at radius 1 is 1.08 bits per heavy atom. The van der Waals surface area contributed by atoms with Crippen LogP contribution in [-0.2, 0) is 0 Å². The normalized spacial score (nSPS) is 13.8. The Labute approximate surface area is 82.9 Å². The molecular formula is C12H24O. The van der Waals surface area contributed by atoms with E-state index in [1.165, 1.54) is 19.3 Å². The standard InChI is InChI=1S/C12H24O/c1-3-5-7-8-9-11-12(13)10-6-4-2/h8-9,12-13H,3-7,10-11H2,1-2H3. The van der Waals surface area contributed by atoms with Crippen molar-refractivity contribution in [2.45, 2.75) is 64.9 Å². The van der Waals surface area contributed by atoms with Crippen molar-refractivity contribution in [1.82, 2.24) is 0 Å². The van der Waals surface area contributed by atoms with Crippen molar-refractivity contribution in [2.75, 3.05) is 0 Å². The number of hydrogen-bond acceptors (Lipinski definition) is 1. The molecule has 0 fully saturated rings. The molecule has 13 heavy (non-hydrogen) atoms. The van der Waals surface area contributed by atoms with Gasteiger partial charge < -0.3 is 5.11 Å². The van der Waals surface area contributed by atoms with E-state index in [-0.39, 0.29) is 6.10 Å². The molecule has 0 aliphatic carbocycles. The van der Waals surface area contributed by atoms with Crippen molar-refractivity contribution in [2.24, 2.45) is 0 Å². The molecule has 1 nitrogen and oxygen atoms in total. The highest BCUT2D eigenvalue weighted by molar-refractivity contribution is 4.83. The molecule has 0 amide bonds. The first-order valence-corrected chi connectivity index (χ1v) is 5.64. The average molecular weight is 184 g/mol. The van der Waals surface area contributed by atoms with Crippen LogP contribution in [0.1, 0.15) is 58.8 Å². The summed E-state index contributed by atoms with van der Waals surface area (Å²) in [7, 11) is 0. The second kappa shape index (κ2) is 9.79. The van der Waals surface area contributed by atoms with Gasteiger partial charge in [-0.3, -0.25) is 0 Å². The van der Waals surface area contributed by atoms with E-state index in [1.807, 2.05) is 0 Å². The summed E-state index contributed by atoms with van der Waals surface area (Å²) in [4.78, 5) is 0. The minimum absolute atomic E-state index is 0.113. The van der Waals surface area contributed by atoms with Gasteiger partial charge in [0.2, 0.25) is 0 Å². The lowest BCUT2D eigenvalue weighted by Gasteiger charge is -2.05. The maximum atomic E-state index is 9.49. The van der Waals surface area contributed by atoms with Crippen molar-refractivity contribution in [1.29, 1.82) is 0 Å². The molecule has 0 saturated carbocycles. The van der Waals surface area contributed by atoms with Crippen LogP contribution in [0.5, 0.6) is 0 Å². The van der Waals surface area contributed by atoms with Crippen LogP contribution in [0.25, 0.3) is 0 Å². The minimum atomic E-state index is -0.113. The highest BCUT2D eigenvalue weighted by Gasteiger charge is 1.98. The van der Waals surface area contributed by atoms with Crippen molar-refractivity contribution < 1.29 is 5.11 Å². The van der Waals surface area contributed by atoms with Gasteiger partial charge in [-0.05, 0) is 19.3 Å². The molecule has 0 spiro atoms. The first-order chi connectivity index (χ1) is 6.31. The lowest BCUT2D eigenvalue weighted by molar-refractivity contribution is 0.164. The predicted octanol–water partition coefficient (Wildman–Crippen LogP) is 3.67. The molecule has 0 aromatic heterocycles. The van der Waals surface area contributed by atoms with Crippen LogP contribution in [0.15, 0.2) is 12.2 Å². The molecule has 0 heterocycles. The fourth-order valence-electron chi connectivity index (χ4n) is 1.25. The fourth-order valence-corrected chi connectivity index (χ4v) is 1.25. The number of allylic oxidation sites excluding steroid dienone is 1. The maximum Gasteiger partial charge on any atom is 0.0574 e. The van der Waals surface area contributed by atoms with Gasteiger partial charge in [0.15, 0.2) is 0 Å². The monoisotopic (exact) mass is 184 g/mol. The summed E-state index contributed by atoms with van der Waals surface area (Å²) in [5.41, 5.74) is 0. The molecular weight excluding hydrogens is 160 g/mol. The topological polar surface area (TPSA) is 20.2 Å². The van der Waals surface area contributed by atoms with Crippen molar-refractivity contribution in [3.63, 3.8) is 0 Å². The van der Waals surface area contributed by atoms with Crippen LogP contribution in [0.4, 0.5) is 0 Å². The quantitative estimate of drug-likeness (QED) is 0.451. The number of unbranched alkanes of at least 4 members (excludes halogenated alkanes) is 3. The Kier molecular flexibility index (Phi) is 9.56. The zero-order valence-corrected chi connectivity index (χ0v) is 9.13.